The van der Waals surface area contributed by atoms with Gasteiger partial charge in [-0.05, 0) is 48.1 Å². The van der Waals surface area contributed by atoms with Gasteiger partial charge in [0.25, 0.3) is 5.91 Å². The van der Waals surface area contributed by atoms with Crippen LogP contribution in [-0.2, 0) is 16.1 Å². The van der Waals surface area contributed by atoms with Gasteiger partial charge in [0.05, 0.1) is 0 Å². The van der Waals surface area contributed by atoms with E-state index in [4.69, 9.17) is 5.41 Å². The van der Waals surface area contributed by atoms with Gasteiger partial charge in [-0.1, -0.05) is 42.5 Å². The third kappa shape index (κ3) is 5.14. The number of hydrogen-bond acceptors (Lipinski definition) is 3. The Hall–Kier alpha value is -3.21. The SMILES string of the molecule is N=C(/C=C\C(=O)Nc1ccccc1)C(=O)NCc1cccc(C2CC2)c1. The summed E-state index contributed by atoms with van der Waals surface area (Å²) in [5, 5.41) is 13.2. The minimum absolute atomic E-state index is 0.258. The molecule has 0 aliphatic heterocycles. The number of amides is 2. The number of rotatable bonds is 7. The van der Waals surface area contributed by atoms with Crippen LogP contribution in [0.4, 0.5) is 5.69 Å². The monoisotopic (exact) mass is 347 g/mol. The lowest BCUT2D eigenvalue weighted by Gasteiger charge is -2.06. The van der Waals surface area contributed by atoms with Gasteiger partial charge in [0.1, 0.15) is 5.71 Å². The molecule has 2 aromatic rings. The van der Waals surface area contributed by atoms with Crippen LogP contribution >= 0.6 is 0 Å². The van der Waals surface area contributed by atoms with Gasteiger partial charge < -0.3 is 10.6 Å². The zero-order chi connectivity index (χ0) is 18.4. The topological polar surface area (TPSA) is 82.1 Å². The van der Waals surface area contributed by atoms with Crippen LogP contribution in [0.5, 0.6) is 0 Å². The molecule has 0 heterocycles. The quantitative estimate of drug-likeness (QED) is 0.530. The summed E-state index contributed by atoms with van der Waals surface area (Å²) >= 11 is 0. The third-order valence-corrected chi connectivity index (χ3v) is 4.14. The van der Waals surface area contributed by atoms with Crippen LogP contribution in [0, 0.1) is 5.41 Å². The number of anilines is 1. The summed E-state index contributed by atoms with van der Waals surface area (Å²) in [6.45, 7) is 0.367. The van der Waals surface area contributed by atoms with Gasteiger partial charge in [0.15, 0.2) is 0 Å². The second-order valence-corrected chi connectivity index (χ2v) is 6.30. The van der Waals surface area contributed by atoms with E-state index in [-0.39, 0.29) is 11.6 Å². The van der Waals surface area contributed by atoms with Crippen molar-refractivity contribution in [3.63, 3.8) is 0 Å². The molecule has 3 N–H and O–H groups in total. The Bertz CT molecular complexity index is 839. The van der Waals surface area contributed by atoms with Crippen molar-refractivity contribution in [3.8, 4) is 0 Å². The zero-order valence-electron chi connectivity index (χ0n) is 14.4. The normalized spacial score (nSPS) is 13.4. The molecule has 1 aliphatic rings. The Morgan fingerprint density at radius 1 is 1.04 bits per heavy atom. The Morgan fingerprint density at radius 2 is 1.81 bits per heavy atom. The third-order valence-electron chi connectivity index (χ3n) is 4.14. The summed E-state index contributed by atoms with van der Waals surface area (Å²) in [7, 11) is 0. The van der Waals surface area contributed by atoms with Gasteiger partial charge in [0, 0.05) is 18.3 Å². The van der Waals surface area contributed by atoms with Crippen LogP contribution in [0.25, 0.3) is 0 Å². The van der Waals surface area contributed by atoms with Crippen LogP contribution in [0.2, 0.25) is 0 Å². The van der Waals surface area contributed by atoms with E-state index in [9.17, 15) is 9.59 Å². The Kier molecular flexibility index (Phi) is 5.59. The molecule has 0 radical (unpaired) electrons. The lowest BCUT2D eigenvalue weighted by atomic mass is 10.1. The van der Waals surface area contributed by atoms with E-state index >= 15 is 0 Å². The van der Waals surface area contributed by atoms with Crippen molar-refractivity contribution in [2.45, 2.75) is 25.3 Å². The molecular formula is C21H21N3O2. The molecule has 0 saturated heterocycles. The van der Waals surface area contributed by atoms with Crippen LogP contribution < -0.4 is 10.6 Å². The molecule has 0 atom stereocenters. The molecule has 26 heavy (non-hydrogen) atoms. The lowest BCUT2D eigenvalue weighted by Crippen LogP contribution is -2.29. The van der Waals surface area contributed by atoms with Crippen molar-refractivity contribution in [1.29, 1.82) is 5.41 Å². The van der Waals surface area contributed by atoms with Crippen LogP contribution in [0.3, 0.4) is 0 Å². The summed E-state index contributed by atoms with van der Waals surface area (Å²) in [5.74, 6) is -0.230. The van der Waals surface area contributed by atoms with Crippen molar-refractivity contribution in [3.05, 3.63) is 77.9 Å². The van der Waals surface area contributed by atoms with Crippen LogP contribution in [0.1, 0.15) is 29.9 Å². The number of hydrogen-bond donors (Lipinski definition) is 3. The largest absolute Gasteiger partial charge is 0.347 e. The number of benzene rings is 2. The predicted octanol–water partition coefficient (Wildman–Crippen LogP) is 3.39. The highest BCUT2D eigenvalue weighted by Gasteiger charge is 2.23. The minimum atomic E-state index is -0.509. The van der Waals surface area contributed by atoms with E-state index in [1.165, 1.54) is 30.6 Å². The van der Waals surface area contributed by atoms with Crippen molar-refractivity contribution in [2.24, 2.45) is 0 Å². The summed E-state index contributed by atoms with van der Waals surface area (Å²) in [5.41, 5.74) is 2.73. The molecule has 2 aromatic carbocycles. The maximum Gasteiger partial charge on any atom is 0.269 e. The number of carbonyl (C=O) groups excluding carboxylic acids is 2. The number of para-hydroxylation sites is 1. The fraction of sp³-hybridized carbons (Fsp3) is 0.190. The first-order valence-electron chi connectivity index (χ1n) is 8.61. The molecule has 1 aliphatic carbocycles. The molecule has 0 aromatic heterocycles. The van der Waals surface area contributed by atoms with Gasteiger partial charge in [-0.25, -0.2) is 0 Å². The van der Waals surface area contributed by atoms with E-state index in [1.807, 2.05) is 30.3 Å². The Balaban J connectivity index is 1.47. The molecule has 0 spiro atoms. The summed E-state index contributed by atoms with van der Waals surface area (Å²) < 4.78 is 0. The second-order valence-electron chi connectivity index (χ2n) is 6.30. The molecule has 3 rings (SSSR count). The molecule has 2 amide bonds. The standard InChI is InChI=1S/C21H21N3O2/c22-19(11-12-20(25)24-18-7-2-1-3-8-18)21(26)23-14-15-5-4-6-17(13-15)16-9-10-16/h1-8,11-13,16,22H,9-10,14H2,(H,23,26)(H,24,25)/b12-11-,22-19?. The highest BCUT2D eigenvalue weighted by molar-refractivity contribution is 6.42. The summed E-state index contributed by atoms with van der Waals surface area (Å²) in [6.07, 6.45) is 4.85. The lowest BCUT2D eigenvalue weighted by molar-refractivity contribution is -0.115. The zero-order valence-corrected chi connectivity index (χ0v) is 14.4. The first kappa shape index (κ1) is 17.6. The molecule has 5 nitrogen and oxygen atoms in total. The number of carbonyl (C=O) groups is 2. The molecule has 1 fully saturated rings. The number of nitrogens with one attached hydrogen (secondary N) is 3. The van der Waals surface area contributed by atoms with E-state index in [2.05, 4.69) is 22.8 Å². The first-order chi connectivity index (χ1) is 12.6. The van der Waals surface area contributed by atoms with Gasteiger partial charge in [0.2, 0.25) is 5.91 Å². The molecule has 1 saturated carbocycles. The molecule has 0 bridgehead atoms. The van der Waals surface area contributed by atoms with Gasteiger partial charge in [-0.15, -0.1) is 0 Å². The van der Waals surface area contributed by atoms with Gasteiger partial charge in [-0.3, -0.25) is 15.0 Å². The second kappa shape index (κ2) is 8.25. The molecule has 5 heteroatoms. The van der Waals surface area contributed by atoms with Crippen LogP contribution in [0.15, 0.2) is 66.7 Å². The van der Waals surface area contributed by atoms with Crippen molar-refractivity contribution < 1.29 is 9.59 Å². The van der Waals surface area contributed by atoms with E-state index in [0.29, 0.717) is 18.2 Å². The van der Waals surface area contributed by atoms with E-state index < -0.39 is 5.91 Å². The average molecular weight is 347 g/mol. The van der Waals surface area contributed by atoms with E-state index in [0.717, 1.165) is 5.56 Å². The smallest absolute Gasteiger partial charge is 0.269 e. The molecule has 132 valence electrons. The highest BCUT2D eigenvalue weighted by Crippen LogP contribution is 2.40. The van der Waals surface area contributed by atoms with Crippen LogP contribution in [-0.4, -0.2) is 17.5 Å². The summed E-state index contributed by atoms with van der Waals surface area (Å²) in [6, 6.07) is 17.2. The highest BCUT2D eigenvalue weighted by atomic mass is 16.2. The summed E-state index contributed by atoms with van der Waals surface area (Å²) in [4.78, 5) is 23.8. The Morgan fingerprint density at radius 3 is 2.54 bits per heavy atom. The van der Waals surface area contributed by atoms with Crippen molar-refractivity contribution >= 4 is 23.2 Å². The molecular weight excluding hydrogens is 326 g/mol. The maximum atomic E-state index is 12.0. The van der Waals surface area contributed by atoms with E-state index in [1.54, 1.807) is 12.1 Å². The fourth-order valence-electron chi connectivity index (χ4n) is 2.59. The average Bonchev–Trinajstić information content (AvgIpc) is 3.50. The van der Waals surface area contributed by atoms with Crippen molar-refractivity contribution in [1.82, 2.24) is 5.32 Å². The van der Waals surface area contributed by atoms with Crippen molar-refractivity contribution in [2.75, 3.05) is 5.32 Å². The Labute approximate surface area is 152 Å². The van der Waals surface area contributed by atoms with Gasteiger partial charge in [-0.2, -0.15) is 0 Å². The first-order valence-corrected chi connectivity index (χ1v) is 8.61. The fourth-order valence-corrected chi connectivity index (χ4v) is 2.59. The maximum absolute atomic E-state index is 12.0. The minimum Gasteiger partial charge on any atom is -0.347 e. The molecule has 0 unspecified atom stereocenters. The predicted molar refractivity (Wildman–Crippen MR) is 102 cm³/mol. The van der Waals surface area contributed by atoms with Gasteiger partial charge >= 0.3 is 0 Å².